The number of carbonyl (C=O) groups excluding carboxylic acids is 2. The van der Waals surface area contributed by atoms with Crippen LogP contribution in [0.3, 0.4) is 0 Å². The number of ether oxygens (including phenoxy) is 2. The Morgan fingerprint density at radius 1 is 0.964 bits per heavy atom. The summed E-state index contributed by atoms with van der Waals surface area (Å²) in [6.45, 7) is 1.65. The number of fused-ring (bicyclic) bond motifs is 1. The van der Waals surface area contributed by atoms with Crippen molar-refractivity contribution in [3.05, 3.63) is 54.1 Å². The number of rotatable bonds is 4. The van der Waals surface area contributed by atoms with E-state index >= 15 is 0 Å². The highest BCUT2D eigenvalue weighted by Gasteiger charge is 2.42. The van der Waals surface area contributed by atoms with Crippen LogP contribution >= 0.6 is 0 Å². The molecule has 2 aromatic carbocycles. The number of hydrogen-bond donors (Lipinski definition) is 2. The molecule has 0 saturated heterocycles. The van der Waals surface area contributed by atoms with Gasteiger partial charge in [0.25, 0.3) is 11.7 Å². The zero-order valence-corrected chi connectivity index (χ0v) is 15.9. The van der Waals surface area contributed by atoms with Crippen molar-refractivity contribution in [3.63, 3.8) is 0 Å². The lowest BCUT2D eigenvalue weighted by Gasteiger charge is -2.31. The molecule has 1 aliphatic heterocycles. The molecular weight excluding hydrogens is 356 g/mol. The standard InChI is InChI=1S/C22H24N2O4/c1-15(23-21(26)16-8-4-2-5-9-16)20(25)24-17-10-11-18-19(14-17)28-22(27-18)12-6-3-7-13-22/h2,4-5,8-11,14-15H,3,6-7,12-13H2,1H3,(H,23,26)(H,24,25)/t15-/m0/s1. The number of carbonyl (C=O) groups is 2. The third-order valence-corrected chi connectivity index (χ3v) is 5.20. The fraction of sp³-hybridized carbons (Fsp3) is 0.364. The molecule has 2 aromatic rings. The summed E-state index contributed by atoms with van der Waals surface area (Å²) in [5, 5.41) is 5.54. The fourth-order valence-electron chi connectivity index (χ4n) is 3.65. The van der Waals surface area contributed by atoms with Crippen LogP contribution in [0.5, 0.6) is 11.5 Å². The average molecular weight is 380 g/mol. The normalized spacial score (nSPS) is 17.8. The van der Waals surface area contributed by atoms with Crippen molar-refractivity contribution in [1.29, 1.82) is 0 Å². The Morgan fingerprint density at radius 3 is 2.43 bits per heavy atom. The monoisotopic (exact) mass is 380 g/mol. The van der Waals surface area contributed by atoms with Crippen LogP contribution in [0.2, 0.25) is 0 Å². The van der Waals surface area contributed by atoms with Gasteiger partial charge in [0.1, 0.15) is 6.04 Å². The minimum absolute atomic E-state index is 0.284. The molecule has 1 saturated carbocycles. The van der Waals surface area contributed by atoms with Gasteiger partial charge in [0.2, 0.25) is 5.91 Å². The zero-order valence-electron chi connectivity index (χ0n) is 15.9. The van der Waals surface area contributed by atoms with E-state index in [4.69, 9.17) is 9.47 Å². The van der Waals surface area contributed by atoms with Gasteiger partial charge in [-0.15, -0.1) is 0 Å². The topological polar surface area (TPSA) is 76.7 Å². The van der Waals surface area contributed by atoms with E-state index in [-0.39, 0.29) is 11.8 Å². The average Bonchev–Trinajstić information content (AvgIpc) is 3.05. The summed E-state index contributed by atoms with van der Waals surface area (Å²) in [6, 6.07) is 13.5. The minimum Gasteiger partial charge on any atom is -0.448 e. The molecule has 0 radical (unpaired) electrons. The van der Waals surface area contributed by atoms with Crippen molar-refractivity contribution in [2.75, 3.05) is 5.32 Å². The lowest BCUT2D eigenvalue weighted by atomic mass is 9.94. The lowest BCUT2D eigenvalue weighted by Crippen LogP contribution is -2.41. The first-order valence-corrected chi connectivity index (χ1v) is 9.74. The highest BCUT2D eigenvalue weighted by atomic mass is 16.7. The van der Waals surface area contributed by atoms with Crippen molar-refractivity contribution in [3.8, 4) is 11.5 Å². The number of anilines is 1. The smallest absolute Gasteiger partial charge is 0.251 e. The molecule has 1 spiro atoms. The van der Waals surface area contributed by atoms with Gasteiger partial charge in [-0.2, -0.15) is 0 Å². The van der Waals surface area contributed by atoms with Crippen LogP contribution in [-0.2, 0) is 4.79 Å². The molecule has 1 atom stereocenters. The molecule has 4 rings (SSSR count). The number of amides is 2. The van der Waals surface area contributed by atoms with Gasteiger partial charge in [-0.05, 0) is 44.0 Å². The Hall–Kier alpha value is -3.02. The quantitative estimate of drug-likeness (QED) is 0.844. The Kier molecular flexibility index (Phi) is 4.94. The van der Waals surface area contributed by atoms with Crippen molar-refractivity contribution in [1.82, 2.24) is 5.32 Å². The lowest BCUT2D eigenvalue weighted by molar-refractivity contribution is -0.117. The van der Waals surface area contributed by atoms with E-state index in [1.54, 1.807) is 43.3 Å². The molecule has 2 aliphatic rings. The van der Waals surface area contributed by atoms with E-state index in [0.717, 1.165) is 25.7 Å². The van der Waals surface area contributed by atoms with Crippen LogP contribution < -0.4 is 20.1 Å². The Morgan fingerprint density at radius 2 is 1.68 bits per heavy atom. The Balaban J connectivity index is 1.38. The summed E-state index contributed by atoms with van der Waals surface area (Å²) in [4.78, 5) is 24.7. The third-order valence-electron chi connectivity index (χ3n) is 5.20. The highest BCUT2D eigenvalue weighted by molar-refractivity contribution is 6.01. The fourth-order valence-corrected chi connectivity index (χ4v) is 3.65. The maximum absolute atomic E-state index is 12.5. The number of benzene rings is 2. The highest BCUT2D eigenvalue weighted by Crippen LogP contribution is 2.46. The molecule has 2 N–H and O–H groups in total. The van der Waals surface area contributed by atoms with Crippen molar-refractivity contribution in [2.45, 2.75) is 50.9 Å². The molecule has 1 fully saturated rings. The van der Waals surface area contributed by atoms with Crippen LogP contribution in [0, 0.1) is 0 Å². The summed E-state index contributed by atoms with van der Waals surface area (Å²) in [5.74, 6) is 0.245. The van der Waals surface area contributed by atoms with Gasteiger partial charge in [-0.1, -0.05) is 24.6 Å². The van der Waals surface area contributed by atoms with Gasteiger partial charge in [-0.3, -0.25) is 9.59 Å². The predicted octanol–water partition coefficient (Wildman–Crippen LogP) is 3.88. The van der Waals surface area contributed by atoms with E-state index in [2.05, 4.69) is 10.6 Å². The molecule has 1 aliphatic carbocycles. The van der Waals surface area contributed by atoms with E-state index < -0.39 is 11.8 Å². The maximum atomic E-state index is 12.5. The van der Waals surface area contributed by atoms with Gasteiger partial charge in [0, 0.05) is 30.2 Å². The molecule has 146 valence electrons. The van der Waals surface area contributed by atoms with E-state index in [9.17, 15) is 9.59 Å². The van der Waals surface area contributed by atoms with Gasteiger partial charge in [-0.25, -0.2) is 0 Å². The van der Waals surface area contributed by atoms with Gasteiger partial charge < -0.3 is 20.1 Å². The van der Waals surface area contributed by atoms with Gasteiger partial charge in [0.05, 0.1) is 0 Å². The van der Waals surface area contributed by atoms with Crippen LogP contribution in [0.25, 0.3) is 0 Å². The number of hydrogen-bond acceptors (Lipinski definition) is 4. The maximum Gasteiger partial charge on any atom is 0.251 e. The van der Waals surface area contributed by atoms with Gasteiger partial charge >= 0.3 is 0 Å². The molecule has 2 amide bonds. The first kappa shape index (κ1) is 18.3. The summed E-state index contributed by atoms with van der Waals surface area (Å²) in [6.07, 6.45) is 5.16. The molecule has 1 heterocycles. The summed E-state index contributed by atoms with van der Waals surface area (Å²) < 4.78 is 12.1. The van der Waals surface area contributed by atoms with Crippen molar-refractivity contribution >= 4 is 17.5 Å². The second-order valence-electron chi connectivity index (χ2n) is 7.39. The Bertz CT molecular complexity index is 875. The third kappa shape index (κ3) is 3.81. The first-order valence-electron chi connectivity index (χ1n) is 9.74. The van der Waals surface area contributed by atoms with E-state index in [0.29, 0.717) is 22.7 Å². The van der Waals surface area contributed by atoms with Crippen LogP contribution in [-0.4, -0.2) is 23.6 Å². The van der Waals surface area contributed by atoms with Crippen molar-refractivity contribution < 1.29 is 19.1 Å². The molecule has 6 heteroatoms. The van der Waals surface area contributed by atoms with Crippen LogP contribution in [0.4, 0.5) is 5.69 Å². The minimum atomic E-state index is -0.678. The summed E-state index contributed by atoms with van der Waals surface area (Å²) in [7, 11) is 0. The van der Waals surface area contributed by atoms with Crippen molar-refractivity contribution in [2.24, 2.45) is 0 Å². The largest absolute Gasteiger partial charge is 0.448 e. The zero-order chi connectivity index (χ0) is 19.6. The Labute approximate surface area is 164 Å². The summed E-state index contributed by atoms with van der Waals surface area (Å²) >= 11 is 0. The van der Waals surface area contributed by atoms with Crippen LogP contribution in [0.1, 0.15) is 49.4 Å². The van der Waals surface area contributed by atoms with E-state index in [1.807, 2.05) is 12.1 Å². The molecule has 6 nitrogen and oxygen atoms in total. The van der Waals surface area contributed by atoms with Crippen LogP contribution in [0.15, 0.2) is 48.5 Å². The molecular formula is C22H24N2O4. The second-order valence-corrected chi connectivity index (χ2v) is 7.39. The molecule has 28 heavy (non-hydrogen) atoms. The number of nitrogens with one attached hydrogen (secondary N) is 2. The van der Waals surface area contributed by atoms with E-state index in [1.165, 1.54) is 6.42 Å². The van der Waals surface area contributed by atoms with Gasteiger partial charge in [0.15, 0.2) is 11.5 Å². The SMILES string of the molecule is C[C@H](NC(=O)c1ccccc1)C(=O)Nc1ccc2c(c1)OC1(CCCCC1)O2. The molecule has 0 unspecified atom stereocenters. The summed E-state index contributed by atoms with van der Waals surface area (Å²) in [5.41, 5.74) is 1.13. The molecule has 0 aromatic heterocycles. The molecule has 0 bridgehead atoms. The first-order chi connectivity index (χ1) is 13.5. The predicted molar refractivity (Wildman–Crippen MR) is 106 cm³/mol. The second kappa shape index (κ2) is 7.54.